The summed E-state index contributed by atoms with van der Waals surface area (Å²) in [6, 6.07) is 59.1. The van der Waals surface area contributed by atoms with E-state index in [0.717, 1.165) is 172 Å². The third-order valence-electron chi connectivity index (χ3n) is 23.2. The van der Waals surface area contributed by atoms with Gasteiger partial charge < -0.3 is 22.1 Å². The van der Waals surface area contributed by atoms with Gasteiger partial charge in [0.25, 0.3) is 0 Å². The van der Waals surface area contributed by atoms with E-state index in [-0.39, 0.29) is 0 Å². The molecule has 0 aliphatic carbocycles. The van der Waals surface area contributed by atoms with E-state index >= 15 is 0 Å². The second-order valence-electron chi connectivity index (χ2n) is 32.7. The van der Waals surface area contributed by atoms with Crippen LogP contribution in [0.4, 0.5) is 0 Å². The maximum absolute atomic E-state index is 7.75. The molecule has 0 unspecified atom stereocenters. The molecule has 0 bridgehead atoms. The average Bonchev–Trinajstić information content (AvgIpc) is 1.56. The fourth-order valence-electron chi connectivity index (χ4n) is 16.3. The maximum Gasteiger partial charge on any atom is 0.227 e. The Bertz CT molecular complexity index is 7450. The largest absolute Gasteiger partial charge is 0.437 e. The lowest BCUT2D eigenvalue weighted by Crippen LogP contribution is -2.31. The monoisotopic (exact) mass is 1570 g/mol. The van der Waals surface area contributed by atoms with Crippen molar-refractivity contribution in [3.8, 4) is 56.3 Å². The minimum Gasteiger partial charge on any atom is -0.437 e. The van der Waals surface area contributed by atoms with Crippen molar-refractivity contribution in [2.24, 2.45) is 35.2 Å². The summed E-state index contributed by atoms with van der Waals surface area (Å²) in [4.78, 5) is 22.7. The lowest BCUT2D eigenvalue weighted by molar-refractivity contribution is -0.660. The highest BCUT2D eigenvalue weighted by molar-refractivity contribution is 6.13. The van der Waals surface area contributed by atoms with E-state index in [4.69, 9.17) is 26.2 Å². The Labute approximate surface area is 698 Å². The highest BCUT2D eigenvalue weighted by Gasteiger charge is 2.28. The molecule has 15 aromatic heterocycles. The second kappa shape index (κ2) is 31.6. The molecule has 0 atom stereocenters. The number of rotatable bonds is 6. The molecule has 0 saturated carbocycles. The SMILES string of the molecule is Cc1cc[n+](C)c(-c2c(C)ccc3c2oc2nc(C)ccc23)c1.Cc1cc[n+](C)c(-c2c(C)ccc3c2oc2nc(C)ccc23)c1.Cc1ccc2c(n1)oc1c(-c3cc(C(C)C)cc[n+]3C)c(C)ccc12.Cc1ccc2c(n1)oc1c(-c3cc(C)c(C)c[n+]3C)c(C)ccc12.[2H]C([2H])([2H])c1c[n+](C)c(-c2c(C)ccc3c2oc2nc(C)ccc23)cc1C. The molecular formula is C104H103N10O5+5. The Kier molecular flexibility index (Phi) is 20.1. The fraction of sp³-hybridized carbons (Fsp3) is 0.231. The molecule has 119 heavy (non-hydrogen) atoms. The van der Waals surface area contributed by atoms with Gasteiger partial charge in [-0.15, -0.1) is 0 Å². The number of aryl methyl sites for hydroxylation is 21. The van der Waals surface area contributed by atoms with Crippen molar-refractivity contribution >= 4 is 110 Å². The quantitative estimate of drug-likeness (QED) is 0.147. The van der Waals surface area contributed by atoms with Crippen molar-refractivity contribution in [2.45, 2.75) is 130 Å². The zero-order valence-corrected chi connectivity index (χ0v) is 72.1. The molecular weight excluding hydrogens is 1470 g/mol. The van der Waals surface area contributed by atoms with E-state index in [1.165, 1.54) is 55.8 Å². The van der Waals surface area contributed by atoms with Gasteiger partial charge in [-0.25, -0.2) is 47.8 Å². The molecule has 0 saturated heterocycles. The van der Waals surface area contributed by atoms with Gasteiger partial charge in [-0.2, -0.15) is 0 Å². The molecule has 0 radical (unpaired) electrons. The molecule has 20 aromatic rings. The van der Waals surface area contributed by atoms with Gasteiger partial charge in [0.15, 0.2) is 58.9 Å². The van der Waals surface area contributed by atoms with E-state index in [9.17, 15) is 0 Å². The zero-order valence-electron chi connectivity index (χ0n) is 75.1. The van der Waals surface area contributed by atoms with Crippen LogP contribution in [0.2, 0.25) is 0 Å². The first-order valence-electron chi connectivity index (χ1n) is 42.1. The van der Waals surface area contributed by atoms with E-state index in [2.05, 4.69) is 293 Å². The van der Waals surface area contributed by atoms with Crippen LogP contribution in [-0.4, -0.2) is 24.9 Å². The van der Waals surface area contributed by atoms with Gasteiger partial charge in [0.2, 0.25) is 57.0 Å². The van der Waals surface area contributed by atoms with Crippen molar-refractivity contribution in [1.82, 2.24) is 24.9 Å². The number of hydrogen-bond donors (Lipinski definition) is 0. The minimum absolute atomic E-state index is 0.362. The van der Waals surface area contributed by atoms with E-state index in [1.807, 2.05) is 103 Å². The summed E-state index contributed by atoms with van der Waals surface area (Å²) in [5.74, 6) is 0.486. The first kappa shape index (κ1) is 75.6. The highest BCUT2D eigenvalue weighted by atomic mass is 16.4. The van der Waals surface area contributed by atoms with Crippen LogP contribution in [0.3, 0.4) is 0 Å². The van der Waals surface area contributed by atoms with Crippen LogP contribution >= 0.6 is 0 Å². The summed E-state index contributed by atoms with van der Waals surface area (Å²) < 4.78 is 64.6. The first-order chi connectivity index (χ1) is 58.2. The van der Waals surface area contributed by atoms with Crippen LogP contribution in [0.25, 0.3) is 167 Å². The van der Waals surface area contributed by atoms with Crippen LogP contribution < -0.4 is 22.8 Å². The molecule has 15 nitrogen and oxygen atoms in total. The molecule has 0 fully saturated rings. The highest BCUT2D eigenvalue weighted by Crippen LogP contribution is 2.43. The van der Waals surface area contributed by atoms with Crippen LogP contribution in [0.15, 0.2) is 223 Å². The summed E-state index contributed by atoms with van der Waals surface area (Å²) in [7, 11) is 10.2. The van der Waals surface area contributed by atoms with Crippen molar-refractivity contribution in [2.75, 3.05) is 0 Å². The van der Waals surface area contributed by atoms with Crippen molar-refractivity contribution in [3.05, 3.63) is 296 Å². The van der Waals surface area contributed by atoms with E-state index in [0.29, 0.717) is 40.0 Å². The standard InChI is InChI=1S/C22H23N2O.2C21H21N2O.2C20H19N2O/c1-13(2)16-10-11-24(5)19(12-16)20-14(3)6-8-17-18-9-7-15(4)23-22(18)25-21(17)20;2*1-12-6-8-16-17-9-7-15(4)22-21(17)24-20(16)19(12)18-10-13(2)14(3)11-23(18)5;2*1-12-9-10-22(4)17(11-12)18-13(2)5-7-15-16-8-6-14(3)21-20(16)23-19(15)18/h6-13H,1-5H3;2*6-11H,1-5H3;2*5-11H,1-4H3/q5*+1/i;3D3;;;. The molecule has 594 valence electrons. The lowest BCUT2D eigenvalue weighted by Gasteiger charge is -2.09. The Morgan fingerprint density at radius 3 is 0.773 bits per heavy atom. The summed E-state index contributed by atoms with van der Waals surface area (Å²) in [5, 5.41) is 10.8. The minimum atomic E-state index is -2.14. The summed E-state index contributed by atoms with van der Waals surface area (Å²) in [5.41, 5.74) is 37.2. The van der Waals surface area contributed by atoms with Crippen molar-refractivity contribution < 1.29 is 49.0 Å². The molecule has 0 spiro atoms. The molecule has 0 N–H and O–H groups in total. The molecule has 5 aromatic carbocycles. The smallest absolute Gasteiger partial charge is 0.227 e. The third kappa shape index (κ3) is 14.9. The number of benzene rings is 5. The number of furan rings is 5. The maximum atomic E-state index is 7.75. The molecule has 0 aliphatic rings. The number of nitrogens with zero attached hydrogens (tertiary/aromatic N) is 10. The predicted molar refractivity (Wildman–Crippen MR) is 481 cm³/mol. The van der Waals surface area contributed by atoms with Gasteiger partial charge >= 0.3 is 0 Å². The Hall–Kier alpha value is -13.4. The lowest BCUT2D eigenvalue weighted by atomic mass is 9.97. The number of aromatic nitrogens is 10. The number of hydrogen-bond acceptors (Lipinski definition) is 10. The fourth-order valence-corrected chi connectivity index (χ4v) is 16.3. The van der Waals surface area contributed by atoms with Crippen LogP contribution in [-0.2, 0) is 35.2 Å². The average molecular weight is 1580 g/mol. The van der Waals surface area contributed by atoms with Gasteiger partial charge in [0.05, 0.1) is 27.8 Å². The zero-order chi connectivity index (χ0) is 86.5. The third-order valence-corrected chi connectivity index (χ3v) is 23.2. The Balaban J connectivity index is 0.000000113. The van der Waals surface area contributed by atoms with Crippen molar-refractivity contribution in [1.29, 1.82) is 0 Å². The van der Waals surface area contributed by atoms with Crippen LogP contribution in [0.1, 0.15) is 119 Å². The van der Waals surface area contributed by atoms with Gasteiger partial charge in [0.1, 0.15) is 35.2 Å². The van der Waals surface area contributed by atoms with Crippen molar-refractivity contribution in [3.63, 3.8) is 0 Å². The van der Waals surface area contributed by atoms with E-state index < -0.39 is 6.85 Å². The van der Waals surface area contributed by atoms with E-state index in [1.54, 1.807) is 6.20 Å². The van der Waals surface area contributed by atoms with Gasteiger partial charge in [-0.05, 0) is 233 Å². The van der Waals surface area contributed by atoms with Gasteiger partial charge in [-0.1, -0.05) is 74.5 Å². The van der Waals surface area contributed by atoms with Crippen LogP contribution in [0, 0.1) is 111 Å². The molecule has 15 heterocycles. The predicted octanol–water partition coefficient (Wildman–Crippen LogP) is 23.4. The van der Waals surface area contributed by atoms with Gasteiger partial charge in [-0.3, -0.25) is 0 Å². The van der Waals surface area contributed by atoms with Gasteiger partial charge in [0, 0.05) is 146 Å². The summed E-state index contributed by atoms with van der Waals surface area (Å²) >= 11 is 0. The number of pyridine rings is 10. The normalized spacial score (nSPS) is 12.0. The molecule has 0 amide bonds. The molecule has 20 rings (SSSR count). The Morgan fingerprint density at radius 2 is 0.496 bits per heavy atom. The number of fused-ring (bicyclic) bond motifs is 15. The topological polar surface area (TPSA) is 150 Å². The first-order valence-corrected chi connectivity index (χ1v) is 40.6. The second-order valence-corrected chi connectivity index (χ2v) is 32.7. The van der Waals surface area contributed by atoms with Crippen LogP contribution in [0.5, 0.6) is 0 Å². The molecule has 15 heteroatoms. The summed E-state index contributed by atoms with van der Waals surface area (Å²) in [6.07, 6.45) is 10.2. The summed E-state index contributed by atoms with van der Waals surface area (Å²) in [6.45, 7) is 33.1. The Morgan fingerprint density at radius 1 is 0.252 bits per heavy atom. The molecule has 0 aliphatic heterocycles.